The Morgan fingerprint density at radius 2 is 2.04 bits per heavy atom. The monoisotopic (exact) mass is 400 g/mol. The molecule has 0 saturated heterocycles. The third-order valence-corrected chi connectivity index (χ3v) is 4.77. The summed E-state index contributed by atoms with van der Waals surface area (Å²) in [6.45, 7) is 6.06. The third-order valence-electron chi connectivity index (χ3n) is 3.91. The Hall–Kier alpha value is -2.71. The van der Waals surface area contributed by atoms with E-state index in [-0.39, 0.29) is 12.5 Å². The molecule has 0 fully saturated rings. The van der Waals surface area contributed by atoms with Gasteiger partial charge in [0.25, 0.3) is 5.89 Å². The predicted molar refractivity (Wildman–Crippen MR) is 109 cm³/mol. The fourth-order valence-electron chi connectivity index (χ4n) is 2.74. The van der Waals surface area contributed by atoms with E-state index in [0.717, 1.165) is 29.3 Å². The van der Waals surface area contributed by atoms with Gasteiger partial charge in [0, 0.05) is 5.69 Å². The van der Waals surface area contributed by atoms with Crippen LogP contribution in [0.15, 0.2) is 46.2 Å². The summed E-state index contributed by atoms with van der Waals surface area (Å²) in [5, 5.41) is 13.1. The largest absolute Gasteiger partial charge is 0.494 e. The van der Waals surface area contributed by atoms with Crippen LogP contribution in [0.1, 0.15) is 26.2 Å². The van der Waals surface area contributed by atoms with Gasteiger partial charge >= 0.3 is 0 Å². The Labute approximate surface area is 168 Å². The zero-order valence-electron chi connectivity index (χ0n) is 16.1. The summed E-state index contributed by atoms with van der Waals surface area (Å²) in [6.07, 6.45) is 0.919. The van der Waals surface area contributed by atoms with Crippen LogP contribution in [-0.2, 0) is 11.3 Å². The Bertz CT molecular complexity index is 862. The van der Waals surface area contributed by atoms with Crippen LogP contribution in [-0.4, -0.2) is 40.7 Å². The number of nitrogens with zero attached hydrogens (tertiary/aromatic N) is 3. The van der Waals surface area contributed by atoms with Crippen molar-refractivity contribution in [1.82, 2.24) is 15.1 Å². The SMILES string of the molecule is CCCN(CC(=O)Nc1ccc(OCC)cc1)Cc1nnc(-c2cccs2)o1. The summed E-state index contributed by atoms with van der Waals surface area (Å²) in [7, 11) is 0. The van der Waals surface area contributed by atoms with E-state index in [0.29, 0.717) is 24.9 Å². The third kappa shape index (κ3) is 5.64. The first kappa shape index (κ1) is 20.0. The average molecular weight is 401 g/mol. The smallest absolute Gasteiger partial charge is 0.257 e. The number of nitrogens with one attached hydrogen (secondary N) is 1. The topological polar surface area (TPSA) is 80.5 Å². The van der Waals surface area contributed by atoms with E-state index in [1.165, 1.54) is 0 Å². The first-order valence-electron chi connectivity index (χ1n) is 9.29. The van der Waals surface area contributed by atoms with Gasteiger partial charge in [0.2, 0.25) is 11.8 Å². The van der Waals surface area contributed by atoms with Crippen molar-refractivity contribution in [2.75, 3.05) is 25.0 Å². The number of anilines is 1. The summed E-state index contributed by atoms with van der Waals surface area (Å²) in [4.78, 5) is 15.4. The lowest BCUT2D eigenvalue weighted by Gasteiger charge is -2.19. The van der Waals surface area contributed by atoms with Crippen molar-refractivity contribution in [2.45, 2.75) is 26.8 Å². The minimum Gasteiger partial charge on any atom is -0.494 e. The number of hydrogen-bond acceptors (Lipinski definition) is 7. The zero-order valence-corrected chi connectivity index (χ0v) is 16.9. The molecule has 28 heavy (non-hydrogen) atoms. The van der Waals surface area contributed by atoms with Gasteiger partial charge in [0.15, 0.2) is 0 Å². The molecule has 0 atom stereocenters. The van der Waals surface area contributed by atoms with E-state index in [1.807, 2.05) is 53.6 Å². The Morgan fingerprint density at radius 3 is 2.71 bits per heavy atom. The summed E-state index contributed by atoms with van der Waals surface area (Å²) in [5.41, 5.74) is 0.739. The lowest BCUT2D eigenvalue weighted by Crippen LogP contribution is -2.33. The van der Waals surface area contributed by atoms with Crippen molar-refractivity contribution in [1.29, 1.82) is 0 Å². The van der Waals surface area contributed by atoms with Crippen molar-refractivity contribution >= 4 is 22.9 Å². The highest BCUT2D eigenvalue weighted by Crippen LogP contribution is 2.23. The van der Waals surface area contributed by atoms with Crippen LogP contribution in [0.3, 0.4) is 0 Å². The van der Waals surface area contributed by atoms with E-state index >= 15 is 0 Å². The van der Waals surface area contributed by atoms with Gasteiger partial charge in [-0.25, -0.2) is 0 Å². The molecular weight excluding hydrogens is 376 g/mol. The second kappa shape index (κ2) is 10.0. The Morgan fingerprint density at radius 1 is 1.21 bits per heavy atom. The van der Waals surface area contributed by atoms with Gasteiger partial charge in [-0.3, -0.25) is 9.69 Å². The molecular formula is C20H24N4O3S. The molecule has 0 unspecified atom stereocenters. The Kier molecular flexibility index (Phi) is 7.16. The van der Waals surface area contributed by atoms with Gasteiger partial charge in [-0.2, -0.15) is 0 Å². The molecule has 0 bridgehead atoms. The number of ether oxygens (including phenoxy) is 1. The second-order valence-corrected chi connectivity index (χ2v) is 7.14. The van der Waals surface area contributed by atoms with Crippen molar-refractivity contribution in [3.8, 4) is 16.5 Å². The highest BCUT2D eigenvalue weighted by Gasteiger charge is 2.16. The predicted octanol–water partition coefficient (Wildman–Crippen LogP) is 4.05. The molecule has 2 heterocycles. The van der Waals surface area contributed by atoms with Crippen molar-refractivity contribution in [2.24, 2.45) is 0 Å². The molecule has 1 amide bonds. The van der Waals surface area contributed by atoms with Crippen LogP contribution in [0, 0.1) is 0 Å². The normalized spacial score (nSPS) is 11.0. The maximum atomic E-state index is 12.4. The standard InChI is InChI=1S/C20H24N4O3S/c1-3-11-24(14-19-22-23-20(27-19)17-6-5-12-28-17)13-18(25)21-15-7-9-16(10-8-15)26-4-2/h5-10,12H,3-4,11,13-14H2,1-2H3,(H,21,25). The number of hydrogen-bond donors (Lipinski definition) is 1. The van der Waals surface area contributed by atoms with E-state index in [9.17, 15) is 4.79 Å². The van der Waals surface area contributed by atoms with Gasteiger partial charge in [0.05, 0.1) is 24.6 Å². The molecule has 148 valence electrons. The van der Waals surface area contributed by atoms with Crippen molar-refractivity contribution in [3.63, 3.8) is 0 Å². The minimum absolute atomic E-state index is 0.0874. The quantitative estimate of drug-likeness (QED) is 0.553. The first-order chi connectivity index (χ1) is 13.7. The fraction of sp³-hybridized carbons (Fsp3) is 0.350. The molecule has 7 nitrogen and oxygen atoms in total. The molecule has 3 aromatic rings. The number of rotatable bonds is 10. The summed E-state index contributed by atoms with van der Waals surface area (Å²) >= 11 is 1.55. The summed E-state index contributed by atoms with van der Waals surface area (Å²) in [6, 6.07) is 11.2. The molecule has 0 aliphatic carbocycles. The molecule has 3 rings (SSSR count). The summed E-state index contributed by atoms with van der Waals surface area (Å²) in [5.74, 6) is 1.72. The average Bonchev–Trinajstić information content (AvgIpc) is 3.35. The fourth-order valence-corrected chi connectivity index (χ4v) is 3.39. The van der Waals surface area contributed by atoms with Gasteiger partial charge in [-0.15, -0.1) is 21.5 Å². The maximum absolute atomic E-state index is 12.4. The number of thiophene rings is 1. The minimum atomic E-state index is -0.0874. The number of carbonyl (C=O) groups excluding carboxylic acids is 1. The number of amides is 1. The number of benzene rings is 1. The first-order valence-corrected chi connectivity index (χ1v) is 10.2. The summed E-state index contributed by atoms with van der Waals surface area (Å²) < 4.78 is 11.2. The van der Waals surface area contributed by atoms with Gasteiger partial charge in [-0.1, -0.05) is 13.0 Å². The Balaban J connectivity index is 1.57. The van der Waals surface area contributed by atoms with Crippen LogP contribution in [0.5, 0.6) is 5.75 Å². The lowest BCUT2D eigenvalue weighted by molar-refractivity contribution is -0.117. The number of carbonyl (C=O) groups is 1. The highest BCUT2D eigenvalue weighted by atomic mass is 32.1. The zero-order chi connectivity index (χ0) is 19.8. The van der Waals surface area contributed by atoms with Crippen LogP contribution < -0.4 is 10.1 Å². The van der Waals surface area contributed by atoms with Gasteiger partial charge in [0.1, 0.15) is 5.75 Å². The molecule has 1 N–H and O–H groups in total. The molecule has 0 aliphatic heterocycles. The molecule has 0 aliphatic rings. The van der Waals surface area contributed by atoms with Crippen LogP contribution in [0.2, 0.25) is 0 Å². The van der Waals surface area contributed by atoms with Crippen LogP contribution in [0.4, 0.5) is 5.69 Å². The van der Waals surface area contributed by atoms with Crippen LogP contribution >= 0.6 is 11.3 Å². The van der Waals surface area contributed by atoms with Gasteiger partial charge < -0.3 is 14.5 Å². The van der Waals surface area contributed by atoms with E-state index in [2.05, 4.69) is 22.4 Å². The van der Waals surface area contributed by atoms with Crippen molar-refractivity contribution < 1.29 is 13.9 Å². The van der Waals surface area contributed by atoms with E-state index in [4.69, 9.17) is 9.15 Å². The van der Waals surface area contributed by atoms with E-state index in [1.54, 1.807) is 11.3 Å². The lowest BCUT2D eigenvalue weighted by atomic mass is 10.3. The molecule has 0 spiro atoms. The maximum Gasteiger partial charge on any atom is 0.257 e. The van der Waals surface area contributed by atoms with Crippen molar-refractivity contribution in [3.05, 3.63) is 47.7 Å². The molecule has 0 saturated carbocycles. The van der Waals surface area contributed by atoms with Crippen LogP contribution in [0.25, 0.3) is 10.8 Å². The van der Waals surface area contributed by atoms with E-state index < -0.39 is 0 Å². The molecule has 1 aromatic carbocycles. The highest BCUT2D eigenvalue weighted by molar-refractivity contribution is 7.13. The molecule has 2 aromatic heterocycles. The molecule has 8 heteroatoms. The van der Waals surface area contributed by atoms with Gasteiger partial charge in [-0.05, 0) is 55.6 Å². The number of aromatic nitrogens is 2. The molecule has 0 radical (unpaired) electrons. The second-order valence-electron chi connectivity index (χ2n) is 6.19.